The van der Waals surface area contributed by atoms with Gasteiger partial charge in [-0.1, -0.05) is 60.7 Å². The van der Waals surface area contributed by atoms with E-state index < -0.39 is 0 Å². The second-order valence-electron chi connectivity index (χ2n) is 6.19. The third-order valence-corrected chi connectivity index (χ3v) is 4.50. The fourth-order valence-electron chi connectivity index (χ4n) is 2.75. The van der Waals surface area contributed by atoms with Gasteiger partial charge in [0.05, 0.1) is 0 Å². The van der Waals surface area contributed by atoms with Crippen molar-refractivity contribution in [1.82, 2.24) is 5.32 Å². The Morgan fingerprint density at radius 3 is 2.14 bits per heavy atom. The van der Waals surface area contributed by atoms with E-state index in [0.717, 1.165) is 25.8 Å². The molecular weight excluding hydrogens is 258 g/mol. The predicted octanol–water partition coefficient (Wildman–Crippen LogP) is 3.33. The summed E-state index contributed by atoms with van der Waals surface area (Å²) in [6.07, 6.45) is 3.26. The van der Waals surface area contributed by atoms with Gasteiger partial charge in [-0.3, -0.25) is 0 Å². The molecule has 1 atom stereocenters. The van der Waals surface area contributed by atoms with Crippen molar-refractivity contribution in [2.24, 2.45) is 5.41 Å². The van der Waals surface area contributed by atoms with Crippen LogP contribution in [0.3, 0.4) is 0 Å². The van der Waals surface area contributed by atoms with Crippen LogP contribution in [-0.2, 0) is 6.42 Å². The zero-order chi connectivity index (χ0) is 14.5. The van der Waals surface area contributed by atoms with E-state index in [4.69, 9.17) is 0 Å². The lowest BCUT2D eigenvalue weighted by atomic mass is 9.97. The Labute approximate surface area is 126 Å². The van der Waals surface area contributed by atoms with Crippen molar-refractivity contribution in [2.45, 2.75) is 25.3 Å². The maximum atomic E-state index is 9.49. The van der Waals surface area contributed by atoms with Gasteiger partial charge in [0.1, 0.15) is 0 Å². The summed E-state index contributed by atoms with van der Waals surface area (Å²) >= 11 is 0. The lowest BCUT2D eigenvalue weighted by molar-refractivity contribution is 0.203. The van der Waals surface area contributed by atoms with Crippen molar-refractivity contribution in [3.05, 3.63) is 71.8 Å². The van der Waals surface area contributed by atoms with Crippen LogP contribution in [0.2, 0.25) is 0 Å². The maximum absolute atomic E-state index is 9.49. The van der Waals surface area contributed by atoms with Gasteiger partial charge in [-0.25, -0.2) is 0 Å². The van der Waals surface area contributed by atoms with Crippen LogP contribution in [0.15, 0.2) is 60.7 Å². The Kier molecular flexibility index (Phi) is 4.37. The lowest BCUT2D eigenvalue weighted by Crippen LogP contribution is -2.31. The van der Waals surface area contributed by atoms with Crippen molar-refractivity contribution in [3.8, 4) is 0 Å². The number of aliphatic hydroxyl groups excluding tert-OH is 1. The zero-order valence-electron chi connectivity index (χ0n) is 12.3. The number of nitrogens with one attached hydrogen (secondary N) is 1. The third kappa shape index (κ3) is 3.72. The van der Waals surface area contributed by atoms with Gasteiger partial charge >= 0.3 is 0 Å². The molecule has 0 aromatic heterocycles. The predicted molar refractivity (Wildman–Crippen MR) is 86.1 cm³/mol. The maximum Gasteiger partial charge on any atom is 0.0499 e. The zero-order valence-corrected chi connectivity index (χ0v) is 12.3. The number of hydrogen-bond acceptors (Lipinski definition) is 2. The van der Waals surface area contributed by atoms with Gasteiger partial charge in [0.2, 0.25) is 0 Å². The molecule has 0 saturated heterocycles. The summed E-state index contributed by atoms with van der Waals surface area (Å²) in [6.45, 7) is 1.20. The number of rotatable bonds is 7. The molecule has 0 heterocycles. The largest absolute Gasteiger partial charge is 0.396 e. The highest BCUT2D eigenvalue weighted by Crippen LogP contribution is 2.44. The summed E-state index contributed by atoms with van der Waals surface area (Å²) < 4.78 is 0. The van der Waals surface area contributed by atoms with E-state index in [2.05, 4.69) is 66.0 Å². The van der Waals surface area contributed by atoms with Gasteiger partial charge in [0, 0.05) is 24.6 Å². The van der Waals surface area contributed by atoms with Crippen LogP contribution in [0.4, 0.5) is 0 Å². The topological polar surface area (TPSA) is 32.3 Å². The molecule has 0 radical (unpaired) electrons. The van der Waals surface area contributed by atoms with Gasteiger partial charge in [0.15, 0.2) is 0 Å². The molecule has 0 aliphatic heterocycles. The van der Waals surface area contributed by atoms with Crippen LogP contribution in [0.1, 0.15) is 30.0 Å². The Hall–Kier alpha value is -1.64. The first-order valence-electron chi connectivity index (χ1n) is 7.74. The summed E-state index contributed by atoms with van der Waals surface area (Å²) in [6, 6.07) is 21.5. The van der Waals surface area contributed by atoms with Gasteiger partial charge in [-0.15, -0.1) is 0 Å². The highest BCUT2D eigenvalue weighted by atomic mass is 16.3. The van der Waals surface area contributed by atoms with Crippen molar-refractivity contribution >= 4 is 0 Å². The lowest BCUT2D eigenvalue weighted by Gasteiger charge is -2.22. The third-order valence-electron chi connectivity index (χ3n) is 4.50. The minimum Gasteiger partial charge on any atom is -0.396 e. The molecule has 1 fully saturated rings. The van der Waals surface area contributed by atoms with Gasteiger partial charge in [0.25, 0.3) is 0 Å². The minimum absolute atomic E-state index is 0.143. The molecule has 2 N–H and O–H groups in total. The second kappa shape index (κ2) is 6.42. The molecule has 1 aliphatic carbocycles. The van der Waals surface area contributed by atoms with E-state index >= 15 is 0 Å². The monoisotopic (exact) mass is 281 g/mol. The van der Waals surface area contributed by atoms with Gasteiger partial charge in [-0.2, -0.15) is 0 Å². The average molecular weight is 281 g/mol. The Morgan fingerprint density at radius 1 is 0.952 bits per heavy atom. The molecule has 1 saturated carbocycles. The summed E-state index contributed by atoms with van der Waals surface area (Å²) in [4.78, 5) is 0. The van der Waals surface area contributed by atoms with E-state index in [9.17, 15) is 5.11 Å². The van der Waals surface area contributed by atoms with Crippen molar-refractivity contribution < 1.29 is 5.11 Å². The molecule has 2 aromatic carbocycles. The van der Waals surface area contributed by atoms with Crippen LogP contribution >= 0.6 is 0 Å². The Morgan fingerprint density at radius 2 is 1.57 bits per heavy atom. The first kappa shape index (κ1) is 14.3. The SMILES string of the molecule is OCC1(CNC(Cc2ccccc2)c2ccccc2)CC1. The molecular formula is C19H23NO. The van der Waals surface area contributed by atoms with Crippen molar-refractivity contribution in [3.63, 3.8) is 0 Å². The minimum atomic E-state index is 0.143. The summed E-state index contributed by atoms with van der Waals surface area (Å²) in [7, 11) is 0. The van der Waals surface area contributed by atoms with E-state index in [1.165, 1.54) is 11.1 Å². The smallest absolute Gasteiger partial charge is 0.0499 e. The molecule has 21 heavy (non-hydrogen) atoms. The first-order chi connectivity index (χ1) is 10.3. The number of benzene rings is 2. The standard InChI is InChI=1S/C19H23NO/c21-15-19(11-12-19)14-20-18(17-9-5-2-6-10-17)13-16-7-3-1-4-8-16/h1-10,18,20-21H,11-15H2. The molecule has 0 bridgehead atoms. The van der Waals surface area contributed by atoms with Crippen LogP contribution in [0.25, 0.3) is 0 Å². The van der Waals surface area contributed by atoms with E-state index in [-0.39, 0.29) is 5.41 Å². The molecule has 1 aliphatic rings. The molecule has 0 amide bonds. The van der Waals surface area contributed by atoms with E-state index in [1.807, 2.05) is 0 Å². The van der Waals surface area contributed by atoms with Gasteiger partial charge < -0.3 is 10.4 Å². The summed E-state index contributed by atoms with van der Waals surface area (Å²) in [5, 5.41) is 13.2. The van der Waals surface area contributed by atoms with Crippen molar-refractivity contribution in [2.75, 3.05) is 13.2 Å². The first-order valence-corrected chi connectivity index (χ1v) is 7.74. The molecule has 1 unspecified atom stereocenters. The quantitative estimate of drug-likeness (QED) is 0.816. The highest BCUT2D eigenvalue weighted by Gasteiger charge is 2.41. The molecule has 0 spiro atoms. The van der Waals surface area contributed by atoms with Crippen LogP contribution in [-0.4, -0.2) is 18.3 Å². The number of aliphatic hydroxyl groups is 1. The van der Waals surface area contributed by atoms with Crippen LogP contribution in [0, 0.1) is 5.41 Å². The van der Waals surface area contributed by atoms with Crippen molar-refractivity contribution in [1.29, 1.82) is 0 Å². The molecule has 2 heteroatoms. The van der Waals surface area contributed by atoms with E-state index in [1.54, 1.807) is 0 Å². The summed E-state index contributed by atoms with van der Waals surface area (Å²) in [5.41, 5.74) is 2.80. The van der Waals surface area contributed by atoms with Crippen LogP contribution in [0.5, 0.6) is 0 Å². The summed E-state index contributed by atoms with van der Waals surface area (Å²) in [5.74, 6) is 0. The molecule has 3 rings (SSSR count). The number of hydrogen-bond donors (Lipinski definition) is 2. The molecule has 110 valence electrons. The molecule has 2 aromatic rings. The van der Waals surface area contributed by atoms with E-state index in [0.29, 0.717) is 12.6 Å². The normalized spacial score (nSPS) is 17.4. The molecule has 2 nitrogen and oxygen atoms in total. The highest BCUT2D eigenvalue weighted by molar-refractivity contribution is 5.24. The Bertz CT molecular complexity index is 548. The average Bonchev–Trinajstić information content (AvgIpc) is 3.34. The second-order valence-corrected chi connectivity index (χ2v) is 6.19. The fourth-order valence-corrected chi connectivity index (χ4v) is 2.75. The van der Waals surface area contributed by atoms with Gasteiger partial charge in [-0.05, 0) is 30.4 Å². The van der Waals surface area contributed by atoms with Crippen LogP contribution < -0.4 is 5.32 Å². The fraction of sp³-hybridized carbons (Fsp3) is 0.368. The Balaban J connectivity index is 1.71.